The lowest BCUT2D eigenvalue weighted by atomic mass is 10.0. The maximum atomic E-state index is 12.2. The van der Waals surface area contributed by atoms with Crippen LogP contribution in [0.25, 0.3) is 0 Å². The van der Waals surface area contributed by atoms with Gasteiger partial charge < -0.3 is 10.3 Å². The first kappa shape index (κ1) is 15.0. The van der Waals surface area contributed by atoms with E-state index in [4.69, 9.17) is 0 Å². The number of anilines is 1. The van der Waals surface area contributed by atoms with Crippen LogP contribution in [0.2, 0.25) is 0 Å². The fourth-order valence-corrected chi connectivity index (χ4v) is 2.29. The Bertz CT molecular complexity index is 675. The lowest BCUT2D eigenvalue weighted by molar-refractivity contribution is 0.102. The van der Waals surface area contributed by atoms with Crippen LogP contribution >= 0.6 is 0 Å². The molecule has 0 fully saturated rings. The smallest absolute Gasteiger partial charge is 0.261 e. The Labute approximate surface area is 124 Å². The van der Waals surface area contributed by atoms with Crippen LogP contribution in [0.1, 0.15) is 41.9 Å². The summed E-state index contributed by atoms with van der Waals surface area (Å²) in [7, 11) is 0. The topological polar surface area (TPSA) is 62.0 Å². The molecule has 0 saturated carbocycles. The van der Waals surface area contributed by atoms with Gasteiger partial charge >= 0.3 is 0 Å². The van der Waals surface area contributed by atoms with Crippen LogP contribution in [0.4, 0.5) is 5.69 Å². The minimum Gasteiger partial charge on any atom is -0.325 e. The molecule has 0 atom stereocenters. The molecule has 0 radical (unpaired) electrons. The number of amides is 1. The molecule has 0 spiro atoms. The minimum atomic E-state index is -0.375. The summed E-state index contributed by atoms with van der Waals surface area (Å²) in [5.74, 6) is -0.375. The summed E-state index contributed by atoms with van der Waals surface area (Å²) in [4.78, 5) is 27.2. The van der Waals surface area contributed by atoms with Crippen molar-refractivity contribution in [2.24, 2.45) is 0 Å². The average molecular weight is 284 g/mol. The number of pyridine rings is 1. The number of aromatic nitrogens is 1. The summed E-state index contributed by atoms with van der Waals surface area (Å²) in [5, 5.41) is 2.74. The molecule has 1 aromatic heterocycles. The second kappa shape index (κ2) is 6.88. The standard InChI is InChI=1S/C17H20N2O2/c1-3-8-15-12(4-2)11-14(17(21)19-15)16(20)18-13-9-6-5-7-10-13/h5-7,9-11H,3-4,8H2,1-2H3,(H,18,20)(H,19,21). The summed E-state index contributed by atoms with van der Waals surface area (Å²) in [6, 6.07) is 10.8. The Kier molecular flexibility index (Phi) is 4.93. The second-order valence-corrected chi connectivity index (χ2v) is 4.94. The van der Waals surface area contributed by atoms with Gasteiger partial charge in [0.2, 0.25) is 0 Å². The monoisotopic (exact) mass is 284 g/mol. The third-order valence-corrected chi connectivity index (χ3v) is 3.37. The number of nitrogens with one attached hydrogen (secondary N) is 2. The molecule has 0 aliphatic heterocycles. The maximum absolute atomic E-state index is 12.2. The Hall–Kier alpha value is -2.36. The number of para-hydroxylation sites is 1. The van der Waals surface area contributed by atoms with Crippen molar-refractivity contribution in [3.63, 3.8) is 0 Å². The number of hydrogen-bond donors (Lipinski definition) is 2. The van der Waals surface area contributed by atoms with Crippen molar-refractivity contribution in [1.82, 2.24) is 4.98 Å². The van der Waals surface area contributed by atoms with Gasteiger partial charge in [-0.05, 0) is 36.6 Å². The molecule has 0 bridgehead atoms. The average Bonchev–Trinajstić information content (AvgIpc) is 2.48. The van der Waals surface area contributed by atoms with Crippen LogP contribution in [-0.2, 0) is 12.8 Å². The Balaban J connectivity index is 2.31. The number of aromatic amines is 1. The molecule has 0 aliphatic carbocycles. The Morgan fingerprint density at radius 3 is 2.52 bits per heavy atom. The molecule has 2 rings (SSSR count). The van der Waals surface area contributed by atoms with Crippen LogP contribution < -0.4 is 10.9 Å². The van der Waals surface area contributed by atoms with E-state index in [0.717, 1.165) is 30.5 Å². The quantitative estimate of drug-likeness (QED) is 0.886. The number of carbonyl (C=O) groups is 1. The third-order valence-electron chi connectivity index (χ3n) is 3.37. The van der Waals surface area contributed by atoms with E-state index in [1.54, 1.807) is 18.2 Å². The van der Waals surface area contributed by atoms with Crippen molar-refractivity contribution in [2.75, 3.05) is 5.32 Å². The lowest BCUT2D eigenvalue weighted by Crippen LogP contribution is -2.25. The molecule has 1 heterocycles. The zero-order valence-electron chi connectivity index (χ0n) is 12.4. The van der Waals surface area contributed by atoms with Gasteiger partial charge in [0.25, 0.3) is 11.5 Å². The molecule has 0 unspecified atom stereocenters. The first-order valence-electron chi connectivity index (χ1n) is 7.27. The molecule has 4 heteroatoms. The van der Waals surface area contributed by atoms with E-state index < -0.39 is 0 Å². The number of carbonyl (C=O) groups excluding carboxylic acids is 1. The van der Waals surface area contributed by atoms with Gasteiger partial charge in [-0.2, -0.15) is 0 Å². The fraction of sp³-hybridized carbons (Fsp3) is 0.294. The van der Waals surface area contributed by atoms with Crippen molar-refractivity contribution in [3.8, 4) is 0 Å². The molecule has 0 aliphatic rings. The van der Waals surface area contributed by atoms with E-state index in [0.29, 0.717) is 5.69 Å². The second-order valence-electron chi connectivity index (χ2n) is 4.94. The minimum absolute atomic E-state index is 0.163. The largest absolute Gasteiger partial charge is 0.325 e. The van der Waals surface area contributed by atoms with Gasteiger partial charge in [0, 0.05) is 11.4 Å². The highest BCUT2D eigenvalue weighted by Crippen LogP contribution is 2.11. The highest BCUT2D eigenvalue weighted by Gasteiger charge is 2.14. The highest BCUT2D eigenvalue weighted by atomic mass is 16.2. The van der Waals surface area contributed by atoms with E-state index in [-0.39, 0.29) is 17.0 Å². The van der Waals surface area contributed by atoms with Crippen LogP contribution in [-0.4, -0.2) is 10.9 Å². The normalized spacial score (nSPS) is 10.4. The van der Waals surface area contributed by atoms with Crippen LogP contribution in [0.5, 0.6) is 0 Å². The van der Waals surface area contributed by atoms with E-state index in [1.807, 2.05) is 25.1 Å². The first-order valence-corrected chi connectivity index (χ1v) is 7.27. The molecule has 110 valence electrons. The summed E-state index contributed by atoms with van der Waals surface area (Å²) in [6.45, 7) is 4.08. The van der Waals surface area contributed by atoms with Crippen LogP contribution in [0.15, 0.2) is 41.2 Å². The maximum Gasteiger partial charge on any atom is 0.261 e. The zero-order chi connectivity index (χ0) is 15.2. The third kappa shape index (κ3) is 3.60. The van der Waals surface area contributed by atoms with E-state index in [9.17, 15) is 9.59 Å². The molecule has 0 saturated heterocycles. The number of aryl methyl sites for hydroxylation is 2. The molecule has 1 aromatic carbocycles. The SMILES string of the molecule is CCCc1[nH]c(=O)c(C(=O)Nc2ccccc2)cc1CC. The molecule has 2 aromatic rings. The van der Waals surface area contributed by atoms with Gasteiger partial charge in [-0.1, -0.05) is 38.5 Å². The van der Waals surface area contributed by atoms with E-state index in [2.05, 4.69) is 17.2 Å². The summed E-state index contributed by atoms with van der Waals surface area (Å²) in [6.07, 6.45) is 2.56. The van der Waals surface area contributed by atoms with Crippen LogP contribution in [0.3, 0.4) is 0 Å². The summed E-state index contributed by atoms with van der Waals surface area (Å²) in [5.41, 5.74) is 2.47. The highest BCUT2D eigenvalue weighted by molar-refractivity contribution is 6.04. The Morgan fingerprint density at radius 2 is 1.90 bits per heavy atom. The molecule has 21 heavy (non-hydrogen) atoms. The van der Waals surface area contributed by atoms with Crippen molar-refractivity contribution < 1.29 is 4.79 Å². The van der Waals surface area contributed by atoms with Crippen molar-refractivity contribution in [2.45, 2.75) is 33.1 Å². The van der Waals surface area contributed by atoms with Gasteiger partial charge in [0.05, 0.1) is 0 Å². The van der Waals surface area contributed by atoms with Gasteiger partial charge in [0.1, 0.15) is 5.56 Å². The van der Waals surface area contributed by atoms with Crippen molar-refractivity contribution in [1.29, 1.82) is 0 Å². The molecular formula is C17H20N2O2. The summed E-state index contributed by atoms with van der Waals surface area (Å²) < 4.78 is 0. The predicted molar refractivity (Wildman–Crippen MR) is 84.8 cm³/mol. The molecule has 1 amide bonds. The van der Waals surface area contributed by atoms with E-state index in [1.165, 1.54) is 0 Å². The fourth-order valence-electron chi connectivity index (χ4n) is 2.29. The number of H-pyrrole nitrogens is 1. The first-order chi connectivity index (χ1) is 10.2. The van der Waals surface area contributed by atoms with Crippen molar-refractivity contribution in [3.05, 3.63) is 63.6 Å². The van der Waals surface area contributed by atoms with Crippen molar-refractivity contribution >= 4 is 11.6 Å². The predicted octanol–water partition coefficient (Wildman–Crippen LogP) is 3.14. The Morgan fingerprint density at radius 1 is 1.19 bits per heavy atom. The zero-order valence-corrected chi connectivity index (χ0v) is 12.4. The van der Waals surface area contributed by atoms with E-state index >= 15 is 0 Å². The summed E-state index contributed by atoms with van der Waals surface area (Å²) >= 11 is 0. The molecule has 4 nitrogen and oxygen atoms in total. The van der Waals surface area contributed by atoms with Gasteiger partial charge in [-0.25, -0.2) is 0 Å². The number of benzene rings is 1. The molecule has 2 N–H and O–H groups in total. The van der Waals surface area contributed by atoms with Gasteiger partial charge in [-0.3, -0.25) is 9.59 Å². The number of hydrogen-bond acceptors (Lipinski definition) is 2. The van der Waals surface area contributed by atoms with Crippen LogP contribution in [0, 0.1) is 0 Å². The molecular weight excluding hydrogens is 264 g/mol. The lowest BCUT2D eigenvalue weighted by Gasteiger charge is -2.10. The number of rotatable bonds is 5. The van der Waals surface area contributed by atoms with Gasteiger partial charge in [0.15, 0.2) is 0 Å². The van der Waals surface area contributed by atoms with Gasteiger partial charge in [-0.15, -0.1) is 0 Å².